The number of nitrogens with zero attached hydrogens (tertiary/aromatic N) is 4. The molecule has 1 aromatic carbocycles. The van der Waals surface area contributed by atoms with Crippen molar-refractivity contribution in [2.45, 2.75) is 52.9 Å². The van der Waals surface area contributed by atoms with Crippen LogP contribution in [0.25, 0.3) is 32.6 Å². The van der Waals surface area contributed by atoms with Crippen molar-refractivity contribution >= 4 is 38.7 Å². The number of carboxylic acid groups (broad SMARTS) is 1. The molecule has 0 fully saturated rings. The number of amides is 2. The summed E-state index contributed by atoms with van der Waals surface area (Å²) in [7, 11) is 0. The van der Waals surface area contributed by atoms with Gasteiger partial charge in [0.1, 0.15) is 17.3 Å². The van der Waals surface area contributed by atoms with E-state index in [9.17, 15) is 19.1 Å². The van der Waals surface area contributed by atoms with Crippen molar-refractivity contribution in [3.63, 3.8) is 0 Å². The minimum absolute atomic E-state index is 0.184. The van der Waals surface area contributed by atoms with Crippen molar-refractivity contribution < 1.29 is 19.1 Å². The molecule has 0 saturated heterocycles. The first-order valence-corrected chi connectivity index (χ1v) is 13.7. The van der Waals surface area contributed by atoms with Gasteiger partial charge in [-0.2, -0.15) is 0 Å². The Bertz CT molecular complexity index is 1480. The van der Waals surface area contributed by atoms with Gasteiger partial charge in [-0.15, -0.1) is 0 Å². The summed E-state index contributed by atoms with van der Waals surface area (Å²) in [6.45, 7) is 6.06. The Morgan fingerprint density at radius 1 is 1.10 bits per heavy atom. The second kappa shape index (κ2) is 12.2. The topological polar surface area (TPSA) is 130 Å². The van der Waals surface area contributed by atoms with Gasteiger partial charge in [0, 0.05) is 42.7 Å². The number of aryl methyl sites for hydroxylation is 1. The number of urea groups is 1. The third-order valence-electron chi connectivity index (χ3n) is 6.55. The molecule has 3 N–H and O–H groups in total. The summed E-state index contributed by atoms with van der Waals surface area (Å²) in [5.74, 6) is -0.615. The largest absolute Gasteiger partial charge is 0.481 e. The van der Waals surface area contributed by atoms with E-state index < -0.39 is 17.2 Å². The number of fused-ring (bicyclic) bond motifs is 1. The summed E-state index contributed by atoms with van der Waals surface area (Å²) < 4.78 is 15.5. The third kappa shape index (κ3) is 6.54. The number of carbonyl (C=O) groups excluding carboxylic acids is 1. The first kappa shape index (κ1) is 28.0. The summed E-state index contributed by atoms with van der Waals surface area (Å²) in [5.41, 5.74) is 2.01. The minimum Gasteiger partial charge on any atom is -0.481 e. The second-order valence-electron chi connectivity index (χ2n) is 9.57. The molecule has 204 valence electrons. The molecule has 9 nitrogen and oxygen atoms in total. The minimum atomic E-state index is -0.775. The summed E-state index contributed by atoms with van der Waals surface area (Å²) in [5, 5.41) is 15.4. The van der Waals surface area contributed by atoms with Crippen LogP contribution < -0.4 is 10.6 Å². The number of carbonyl (C=O) groups is 2. The van der Waals surface area contributed by atoms with Gasteiger partial charge in [-0.3, -0.25) is 15.1 Å². The van der Waals surface area contributed by atoms with Crippen LogP contribution in [0.1, 0.15) is 52.3 Å². The number of thiazole rings is 1. The van der Waals surface area contributed by atoms with Gasteiger partial charge in [-0.25, -0.2) is 24.1 Å². The third-order valence-corrected chi connectivity index (χ3v) is 7.57. The van der Waals surface area contributed by atoms with Gasteiger partial charge in [0.25, 0.3) is 0 Å². The molecule has 11 heteroatoms. The number of hydrogen-bond acceptors (Lipinski definition) is 7. The van der Waals surface area contributed by atoms with E-state index >= 15 is 0 Å². The smallest absolute Gasteiger partial charge is 0.321 e. The predicted octanol–water partition coefficient (Wildman–Crippen LogP) is 6.31. The summed E-state index contributed by atoms with van der Waals surface area (Å²) in [6, 6.07) is 6.18. The van der Waals surface area contributed by atoms with Crippen LogP contribution in [0, 0.1) is 11.2 Å². The number of hydrogen-bond donors (Lipinski definition) is 3. The molecule has 2 amide bonds. The number of rotatable bonds is 11. The van der Waals surface area contributed by atoms with E-state index in [1.54, 1.807) is 19.3 Å². The molecule has 1 atom stereocenters. The van der Waals surface area contributed by atoms with Gasteiger partial charge in [0.05, 0.1) is 15.6 Å². The lowest BCUT2D eigenvalue weighted by atomic mass is 9.81. The maximum Gasteiger partial charge on any atom is 0.321 e. The molecule has 3 aromatic heterocycles. The lowest BCUT2D eigenvalue weighted by molar-refractivity contribution is -0.148. The van der Waals surface area contributed by atoms with Crippen LogP contribution in [0.15, 0.2) is 42.9 Å². The maximum absolute atomic E-state index is 14.8. The molecule has 0 saturated carbocycles. The fraction of sp³-hybridized carbons (Fsp3) is 0.357. The number of aromatic nitrogens is 4. The van der Waals surface area contributed by atoms with Crippen molar-refractivity contribution in [1.29, 1.82) is 0 Å². The quantitative estimate of drug-likeness (QED) is 0.199. The fourth-order valence-corrected chi connectivity index (χ4v) is 5.43. The van der Waals surface area contributed by atoms with Crippen LogP contribution in [0.4, 0.5) is 14.3 Å². The molecular formula is C28H31FN6O3S. The van der Waals surface area contributed by atoms with E-state index in [1.807, 2.05) is 26.0 Å². The Morgan fingerprint density at radius 2 is 1.87 bits per heavy atom. The van der Waals surface area contributed by atoms with Gasteiger partial charge in [0.15, 0.2) is 5.13 Å². The summed E-state index contributed by atoms with van der Waals surface area (Å²) in [4.78, 5) is 41.5. The van der Waals surface area contributed by atoms with Crippen molar-refractivity contribution in [1.82, 2.24) is 25.3 Å². The molecular weight excluding hydrogens is 519 g/mol. The maximum atomic E-state index is 14.8. The predicted molar refractivity (Wildman–Crippen MR) is 150 cm³/mol. The van der Waals surface area contributed by atoms with Crippen LogP contribution >= 0.6 is 11.3 Å². The number of anilines is 1. The molecule has 0 aliphatic heterocycles. The Hall–Kier alpha value is -3.99. The monoisotopic (exact) mass is 550 g/mol. The van der Waals surface area contributed by atoms with Crippen LogP contribution in [0.2, 0.25) is 0 Å². The number of halogens is 1. The lowest BCUT2D eigenvalue weighted by Crippen LogP contribution is -2.28. The lowest BCUT2D eigenvalue weighted by Gasteiger charge is -2.23. The first-order chi connectivity index (χ1) is 18.7. The molecule has 0 spiro atoms. The van der Waals surface area contributed by atoms with Crippen LogP contribution in [0.3, 0.4) is 0 Å². The summed E-state index contributed by atoms with van der Waals surface area (Å²) in [6.07, 6.45) is 8.14. The van der Waals surface area contributed by atoms with Crippen molar-refractivity contribution in [3.05, 3.63) is 54.5 Å². The molecule has 4 rings (SSSR count). The number of aliphatic carboxylic acids is 1. The van der Waals surface area contributed by atoms with E-state index in [1.165, 1.54) is 29.7 Å². The average Bonchev–Trinajstić information content (AvgIpc) is 3.31. The zero-order valence-corrected chi connectivity index (χ0v) is 22.9. The van der Waals surface area contributed by atoms with Crippen molar-refractivity contribution in [2.24, 2.45) is 5.41 Å². The highest BCUT2D eigenvalue weighted by atomic mass is 32.1. The van der Waals surface area contributed by atoms with Crippen molar-refractivity contribution in [2.75, 3.05) is 11.9 Å². The second-order valence-corrected chi connectivity index (χ2v) is 10.6. The van der Waals surface area contributed by atoms with Crippen LogP contribution in [-0.2, 0) is 11.2 Å². The summed E-state index contributed by atoms with van der Waals surface area (Å²) >= 11 is 1.24. The van der Waals surface area contributed by atoms with E-state index in [0.29, 0.717) is 64.5 Å². The molecule has 0 bridgehead atoms. The zero-order valence-electron chi connectivity index (χ0n) is 22.1. The molecule has 0 aliphatic carbocycles. The van der Waals surface area contributed by atoms with Crippen LogP contribution in [-0.4, -0.2) is 43.6 Å². The SMILES string of the molecule is CCCC(C)(CCCc1ncc(-c2cc(-c3ncccc3F)c3sc(NC(=O)NCC)nc3c2)cn1)C(=O)O. The molecule has 0 radical (unpaired) electrons. The Morgan fingerprint density at radius 3 is 2.54 bits per heavy atom. The Balaban J connectivity index is 1.62. The highest BCUT2D eigenvalue weighted by Crippen LogP contribution is 2.38. The standard InChI is InChI=1S/C28H31FN6O3S/c1-4-10-28(3,25(36)37)11-6-9-22-32-15-18(16-33-22)17-13-19(23-20(29)8-7-12-31-23)24-21(14-17)34-27(39-24)35-26(38)30-5-2/h7-8,12-16H,4-6,9-11H2,1-3H3,(H,36,37)(H2,30,34,35,38). The number of carboxylic acids is 1. The number of benzene rings is 1. The van der Waals surface area contributed by atoms with Crippen LogP contribution in [0.5, 0.6) is 0 Å². The average molecular weight is 551 g/mol. The van der Waals surface area contributed by atoms with Gasteiger partial charge in [-0.1, -0.05) is 24.7 Å². The van der Waals surface area contributed by atoms with Gasteiger partial charge in [0.2, 0.25) is 0 Å². The molecule has 3 heterocycles. The number of pyridine rings is 1. The van der Waals surface area contributed by atoms with E-state index in [0.717, 1.165) is 12.0 Å². The molecule has 39 heavy (non-hydrogen) atoms. The van der Waals surface area contributed by atoms with Gasteiger partial charge >= 0.3 is 12.0 Å². The highest BCUT2D eigenvalue weighted by Gasteiger charge is 2.31. The molecule has 0 aliphatic rings. The normalized spacial score (nSPS) is 12.7. The number of nitrogens with one attached hydrogen (secondary N) is 2. The Kier molecular flexibility index (Phi) is 8.80. The molecule has 1 unspecified atom stereocenters. The Labute approximate surface area is 230 Å². The first-order valence-electron chi connectivity index (χ1n) is 12.9. The molecule has 4 aromatic rings. The van der Waals surface area contributed by atoms with Gasteiger partial charge in [-0.05, 0) is 62.9 Å². The highest BCUT2D eigenvalue weighted by molar-refractivity contribution is 7.22. The van der Waals surface area contributed by atoms with E-state index in [-0.39, 0.29) is 11.7 Å². The van der Waals surface area contributed by atoms with E-state index in [2.05, 4.69) is 30.6 Å². The zero-order chi connectivity index (χ0) is 28.0. The van der Waals surface area contributed by atoms with Crippen molar-refractivity contribution in [3.8, 4) is 22.4 Å². The fourth-order valence-electron chi connectivity index (χ4n) is 4.47. The van der Waals surface area contributed by atoms with E-state index in [4.69, 9.17) is 0 Å². The van der Waals surface area contributed by atoms with Gasteiger partial charge < -0.3 is 10.4 Å².